The molecule has 0 spiro atoms. The first kappa shape index (κ1) is 14.6. The summed E-state index contributed by atoms with van der Waals surface area (Å²) in [6.45, 7) is 2.43. The number of piperidine rings is 1. The molecule has 0 unspecified atom stereocenters. The Morgan fingerprint density at radius 2 is 2.00 bits per heavy atom. The molecular weight excluding hydrogens is 250 g/mol. The SMILES string of the molecule is CN1CCC(NC(=O)c2ccc(C#CCN)cc2)CC1. The van der Waals surface area contributed by atoms with Crippen LogP contribution in [0.2, 0.25) is 0 Å². The third-order valence-electron chi connectivity index (χ3n) is 3.54. The fourth-order valence-corrected chi connectivity index (χ4v) is 2.28. The van der Waals surface area contributed by atoms with Gasteiger partial charge in [-0.3, -0.25) is 4.79 Å². The molecule has 1 amide bonds. The van der Waals surface area contributed by atoms with E-state index in [1.807, 2.05) is 24.3 Å². The molecule has 1 saturated heterocycles. The van der Waals surface area contributed by atoms with Gasteiger partial charge in [-0.25, -0.2) is 0 Å². The Labute approximate surface area is 120 Å². The van der Waals surface area contributed by atoms with Gasteiger partial charge in [0.1, 0.15) is 0 Å². The largest absolute Gasteiger partial charge is 0.349 e. The van der Waals surface area contributed by atoms with E-state index >= 15 is 0 Å². The summed E-state index contributed by atoms with van der Waals surface area (Å²) < 4.78 is 0. The minimum Gasteiger partial charge on any atom is -0.349 e. The lowest BCUT2D eigenvalue weighted by atomic mass is 10.0. The van der Waals surface area contributed by atoms with Gasteiger partial charge in [-0.1, -0.05) is 11.8 Å². The van der Waals surface area contributed by atoms with Crippen molar-refractivity contribution in [3.63, 3.8) is 0 Å². The third kappa shape index (κ3) is 4.09. The van der Waals surface area contributed by atoms with Crippen molar-refractivity contribution in [2.24, 2.45) is 5.73 Å². The molecule has 4 nitrogen and oxygen atoms in total. The van der Waals surface area contributed by atoms with Crippen LogP contribution in [-0.4, -0.2) is 43.5 Å². The number of likely N-dealkylation sites (tertiary alicyclic amines) is 1. The van der Waals surface area contributed by atoms with Crippen molar-refractivity contribution in [2.45, 2.75) is 18.9 Å². The average molecular weight is 271 g/mol. The van der Waals surface area contributed by atoms with Crippen molar-refractivity contribution in [3.8, 4) is 11.8 Å². The summed E-state index contributed by atoms with van der Waals surface area (Å²) >= 11 is 0. The third-order valence-corrected chi connectivity index (χ3v) is 3.54. The van der Waals surface area contributed by atoms with E-state index in [9.17, 15) is 4.79 Å². The highest BCUT2D eigenvalue weighted by molar-refractivity contribution is 5.94. The highest BCUT2D eigenvalue weighted by Gasteiger charge is 2.18. The minimum absolute atomic E-state index is 0.00196. The van der Waals surface area contributed by atoms with Crippen molar-refractivity contribution >= 4 is 5.91 Å². The zero-order valence-corrected chi connectivity index (χ0v) is 11.9. The van der Waals surface area contributed by atoms with Gasteiger partial charge in [0.15, 0.2) is 0 Å². The summed E-state index contributed by atoms with van der Waals surface area (Å²) in [5.74, 6) is 5.74. The minimum atomic E-state index is -0.00196. The van der Waals surface area contributed by atoms with Crippen LogP contribution in [0.3, 0.4) is 0 Å². The molecule has 3 N–H and O–H groups in total. The van der Waals surface area contributed by atoms with Crippen molar-refractivity contribution < 1.29 is 4.79 Å². The number of rotatable bonds is 2. The molecule has 106 valence electrons. The van der Waals surface area contributed by atoms with E-state index < -0.39 is 0 Å². The van der Waals surface area contributed by atoms with Crippen LogP contribution in [0.4, 0.5) is 0 Å². The summed E-state index contributed by atoms with van der Waals surface area (Å²) in [6.07, 6.45) is 2.03. The lowest BCUT2D eigenvalue weighted by Gasteiger charge is -2.29. The summed E-state index contributed by atoms with van der Waals surface area (Å²) in [5.41, 5.74) is 6.89. The van der Waals surface area contributed by atoms with E-state index in [0.29, 0.717) is 12.1 Å². The van der Waals surface area contributed by atoms with Crippen LogP contribution >= 0.6 is 0 Å². The average Bonchev–Trinajstić information content (AvgIpc) is 2.48. The van der Waals surface area contributed by atoms with Gasteiger partial charge in [0.25, 0.3) is 5.91 Å². The van der Waals surface area contributed by atoms with E-state index in [2.05, 4.69) is 29.1 Å². The van der Waals surface area contributed by atoms with Crippen molar-refractivity contribution in [2.75, 3.05) is 26.7 Å². The molecule has 0 aromatic heterocycles. The summed E-state index contributed by atoms with van der Waals surface area (Å²) in [5, 5.41) is 3.10. The molecule has 0 bridgehead atoms. The molecule has 0 saturated carbocycles. The number of amides is 1. The Bertz CT molecular complexity index is 505. The molecule has 1 aromatic carbocycles. The Morgan fingerprint density at radius 1 is 1.35 bits per heavy atom. The van der Waals surface area contributed by atoms with E-state index in [1.54, 1.807) is 0 Å². The fraction of sp³-hybridized carbons (Fsp3) is 0.438. The molecular formula is C16H21N3O. The number of nitrogens with two attached hydrogens (primary N) is 1. The van der Waals surface area contributed by atoms with Crippen LogP contribution in [-0.2, 0) is 0 Å². The van der Waals surface area contributed by atoms with Crippen LogP contribution < -0.4 is 11.1 Å². The van der Waals surface area contributed by atoms with Crippen LogP contribution in [0.5, 0.6) is 0 Å². The number of hydrogen-bond donors (Lipinski definition) is 2. The van der Waals surface area contributed by atoms with Gasteiger partial charge >= 0.3 is 0 Å². The number of carbonyl (C=O) groups excluding carboxylic acids is 1. The van der Waals surface area contributed by atoms with Crippen LogP contribution in [0.15, 0.2) is 24.3 Å². The fourth-order valence-electron chi connectivity index (χ4n) is 2.28. The van der Waals surface area contributed by atoms with Gasteiger partial charge < -0.3 is 16.0 Å². The lowest BCUT2D eigenvalue weighted by Crippen LogP contribution is -2.43. The zero-order valence-electron chi connectivity index (χ0n) is 11.9. The molecule has 1 aliphatic heterocycles. The van der Waals surface area contributed by atoms with Gasteiger partial charge in [0, 0.05) is 17.2 Å². The monoisotopic (exact) mass is 271 g/mol. The van der Waals surface area contributed by atoms with E-state index in [1.165, 1.54) is 0 Å². The summed E-state index contributed by atoms with van der Waals surface area (Å²) in [7, 11) is 2.11. The van der Waals surface area contributed by atoms with Gasteiger partial charge in [-0.15, -0.1) is 0 Å². The quantitative estimate of drug-likeness (QED) is 0.783. The molecule has 1 heterocycles. The maximum Gasteiger partial charge on any atom is 0.251 e. The first-order valence-electron chi connectivity index (χ1n) is 6.97. The smallest absolute Gasteiger partial charge is 0.251 e. The first-order chi connectivity index (χ1) is 9.69. The maximum atomic E-state index is 12.1. The number of carbonyl (C=O) groups is 1. The summed E-state index contributed by atoms with van der Waals surface area (Å²) in [4.78, 5) is 14.4. The second-order valence-corrected chi connectivity index (χ2v) is 5.13. The number of nitrogens with zero attached hydrogens (tertiary/aromatic N) is 1. The van der Waals surface area contributed by atoms with Crippen LogP contribution in [0.1, 0.15) is 28.8 Å². The molecule has 20 heavy (non-hydrogen) atoms. The predicted molar refractivity (Wildman–Crippen MR) is 80.4 cm³/mol. The number of benzene rings is 1. The van der Waals surface area contributed by atoms with Crippen molar-refractivity contribution in [1.82, 2.24) is 10.2 Å². The molecule has 2 rings (SSSR count). The standard InChI is InChI=1S/C16H21N3O/c1-19-11-8-15(9-12-19)18-16(20)14-6-4-13(5-7-14)3-2-10-17/h4-7,15H,8-12,17H2,1H3,(H,18,20). The van der Waals surface area contributed by atoms with Gasteiger partial charge in [0.2, 0.25) is 0 Å². The molecule has 1 aliphatic rings. The van der Waals surface area contributed by atoms with E-state index in [4.69, 9.17) is 5.73 Å². The Kier molecular flexibility index (Phi) is 5.16. The van der Waals surface area contributed by atoms with Gasteiger partial charge in [0.05, 0.1) is 6.54 Å². The topological polar surface area (TPSA) is 58.4 Å². The van der Waals surface area contributed by atoms with Crippen molar-refractivity contribution in [1.29, 1.82) is 0 Å². The molecule has 0 atom stereocenters. The Balaban J connectivity index is 1.92. The second-order valence-electron chi connectivity index (χ2n) is 5.13. The highest BCUT2D eigenvalue weighted by Crippen LogP contribution is 2.10. The van der Waals surface area contributed by atoms with Gasteiger partial charge in [-0.05, 0) is 57.2 Å². The lowest BCUT2D eigenvalue weighted by molar-refractivity contribution is 0.0917. The first-order valence-corrected chi connectivity index (χ1v) is 6.97. The molecule has 1 fully saturated rings. The number of hydrogen-bond acceptors (Lipinski definition) is 3. The Morgan fingerprint density at radius 3 is 2.60 bits per heavy atom. The molecule has 4 heteroatoms. The maximum absolute atomic E-state index is 12.1. The molecule has 1 aromatic rings. The zero-order chi connectivity index (χ0) is 14.4. The normalized spacial score (nSPS) is 16.3. The summed E-state index contributed by atoms with van der Waals surface area (Å²) in [6, 6.07) is 7.61. The van der Waals surface area contributed by atoms with E-state index in [0.717, 1.165) is 31.5 Å². The van der Waals surface area contributed by atoms with Crippen LogP contribution in [0.25, 0.3) is 0 Å². The molecule has 0 aliphatic carbocycles. The Hall–Kier alpha value is -1.83. The second kappa shape index (κ2) is 7.09. The number of nitrogens with one attached hydrogen (secondary N) is 1. The molecule has 0 radical (unpaired) electrons. The van der Waals surface area contributed by atoms with Crippen LogP contribution in [0, 0.1) is 11.8 Å². The van der Waals surface area contributed by atoms with Crippen molar-refractivity contribution in [3.05, 3.63) is 35.4 Å². The van der Waals surface area contributed by atoms with E-state index in [-0.39, 0.29) is 11.9 Å². The predicted octanol–water partition coefficient (Wildman–Crippen LogP) is 0.821. The van der Waals surface area contributed by atoms with Gasteiger partial charge in [-0.2, -0.15) is 0 Å². The highest BCUT2D eigenvalue weighted by atomic mass is 16.1.